The lowest BCUT2D eigenvalue weighted by Crippen LogP contribution is -2.38. The largest absolute Gasteiger partial charge is 0.351 e. The van der Waals surface area contributed by atoms with Crippen LogP contribution < -0.4 is 10.6 Å². The Hall–Kier alpha value is -1.39. The quantitative estimate of drug-likeness (QED) is 0.846. The zero-order chi connectivity index (χ0) is 13.5. The molecule has 0 atom stereocenters. The average Bonchev–Trinajstić information content (AvgIpc) is 2.66. The van der Waals surface area contributed by atoms with E-state index >= 15 is 0 Å². The van der Waals surface area contributed by atoms with Gasteiger partial charge < -0.3 is 10.6 Å². The van der Waals surface area contributed by atoms with Gasteiger partial charge in [-0.05, 0) is 37.6 Å². The molecule has 4 heteroatoms. The number of carbonyl (C=O) groups excluding carboxylic acids is 1. The Morgan fingerprint density at radius 1 is 1.32 bits per heavy atom. The third kappa shape index (κ3) is 4.65. The molecule has 1 amide bonds. The van der Waals surface area contributed by atoms with Crippen molar-refractivity contribution in [3.63, 3.8) is 0 Å². The topological polar surface area (TPSA) is 44.4 Å². The number of hydrogen-bond donors (Lipinski definition) is 2. The number of nitrogens with zero attached hydrogens (tertiary/aromatic N) is 1. The van der Waals surface area contributed by atoms with Crippen LogP contribution in [0.15, 0.2) is 24.3 Å². The molecule has 1 aliphatic heterocycles. The van der Waals surface area contributed by atoms with E-state index in [-0.39, 0.29) is 5.91 Å². The number of nitrogens with one attached hydrogen (secondary N) is 2. The Bertz CT molecular complexity index is 412. The van der Waals surface area contributed by atoms with E-state index in [0.717, 1.165) is 32.6 Å². The first kappa shape index (κ1) is 14.0. The molecule has 0 aromatic heterocycles. The first-order valence-corrected chi connectivity index (χ1v) is 7.00. The molecule has 0 aliphatic carbocycles. The zero-order valence-corrected chi connectivity index (χ0v) is 11.6. The van der Waals surface area contributed by atoms with Gasteiger partial charge in [0.25, 0.3) is 0 Å². The van der Waals surface area contributed by atoms with Crippen LogP contribution >= 0.6 is 0 Å². The van der Waals surface area contributed by atoms with Gasteiger partial charge in [-0.3, -0.25) is 9.69 Å². The van der Waals surface area contributed by atoms with E-state index in [1.54, 1.807) is 0 Å². The summed E-state index contributed by atoms with van der Waals surface area (Å²) in [5.41, 5.74) is 2.41. The van der Waals surface area contributed by atoms with Gasteiger partial charge in [0.1, 0.15) is 0 Å². The van der Waals surface area contributed by atoms with E-state index in [9.17, 15) is 4.79 Å². The predicted octanol–water partition coefficient (Wildman–Crippen LogP) is 0.907. The van der Waals surface area contributed by atoms with Gasteiger partial charge in [0.15, 0.2) is 0 Å². The van der Waals surface area contributed by atoms with Crippen molar-refractivity contribution < 1.29 is 4.79 Å². The molecule has 0 spiro atoms. The minimum Gasteiger partial charge on any atom is -0.351 e. The van der Waals surface area contributed by atoms with Crippen LogP contribution in [0.3, 0.4) is 0 Å². The molecule has 1 aromatic carbocycles. The minimum absolute atomic E-state index is 0.116. The van der Waals surface area contributed by atoms with E-state index in [1.807, 2.05) is 12.1 Å². The number of hydrogen-bond acceptors (Lipinski definition) is 3. The maximum absolute atomic E-state index is 11.9. The molecule has 0 unspecified atom stereocenters. The van der Waals surface area contributed by atoms with E-state index < -0.39 is 0 Å². The fraction of sp³-hybridized carbons (Fsp3) is 0.533. The first-order valence-electron chi connectivity index (χ1n) is 7.00. The molecule has 0 saturated carbocycles. The molecule has 1 saturated heterocycles. The molecule has 1 aromatic rings. The molecule has 4 nitrogen and oxygen atoms in total. The van der Waals surface area contributed by atoms with Crippen LogP contribution in [0, 0.1) is 6.92 Å². The van der Waals surface area contributed by atoms with Gasteiger partial charge in [-0.2, -0.15) is 0 Å². The van der Waals surface area contributed by atoms with Crippen molar-refractivity contribution in [2.75, 3.05) is 32.7 Å². The van der Waals surface area contributed by atoms with Crippen LogP contribution in [-0.2, 0) is 11.3 Å². The number of amides is 1. The normalized spacial score (nSPS) is 16.9. The van der Waals surface area contributed by atoms with Crippen molar-refractivity contribution in [2.24, 2.45) is 0 Å². The molecule has 1 aliphatic rings. The molecule has 2 rings (SSSR count). The van der Waals surface area contributed by atoms with Crippen LogP contribution in [0.2, 0.25) is 0 Å². The first-order chi connectivity index (χ1) is 9.25. The number of aryl methyl sites for hydroxylation is 1. The van der Waals surface area contributed by atoms with Crippen molar-refractivity contribution in [2.45, 2.75) is 19.9 Å². The van der Waals surface area contributed by atoms with Crippen LogP contribution in [-0.4, -0.2) is 43.5 Å². The third-order valence-electron chi connectivity index (χ3n) is 3.54. The van der Waals surface area contributed by atoms with Crippen molar-refractivity contribution in [3.8, 4) is 0 Å². The van der Waals surface area contributed by atoms with Crippen LogP contribution in [0.5, 0.6) is 0 Å². The zero-order valence-electron chi connectivity index (χ0n) is 11.6. The highest BCUT2D eigenvalue weighted by atomic mass is 16.2. The molecule has 1 fully saturated rings. The maximum Gasteiger partial charge on any atom is 0.234 e. The number of carbonyl (C=O) groups is 1. The molecule has 104 valence electrons. The van der Waals surface area contributed by atoms with Crippen molar-refractivity contribution >= 4 is 5.91 Å². The summed E-state index contributed by atoms with van der Waals surface area (Å²) in [4.78, 5) is 14.2. The fourth-order valence-electron chi connectivity index (χ4n) is 2.32. The van der Waals surface area contributed by atoms with Crippen LogP contribution in [0.25, 0.3) is 0 Å². The predicted molar refractivity (Wildman–Crippen MR) is 77.0 cm³/mol. The highest BCUT2D eigenvalue weighted by molar-refractivity contribution is 5.78. The molecule has 0 radical (unpaired) electrons. The summed E-state index contributed by atoms with van der Waals surface area (Å²) in [5.74, 6) is 0.116. The average molecular weight is 261 g/mol. The highest BCUT2D eigenvalue weighted by Crippen LogP contribution is 2.06. The Labute approximate surface area is 115 Å². The summed E-state index contributed by atoms with van der Waals surface area (Å²) >= 11 is 0. The van der Waals surface area contributed by atoms with Gasteiger partial charge in [-0.15, -0.1) is 0 Å². The Kier molecular flexibility index (Phi) is 5.36. The highest BCUT2D eigenvalue weighted by Gasteiger charge is 2.12. The van der Waals surface area contributed by atoms with Crippen molar-refractivity contribution in [1.82, 2.24) is 15.5 Å². The van der Waals surface area contributed by atoms with E-state index in [4.69, 9.17) is 0 Å². The molecule has 0 bridgehead atoms. The summed E-state index contributed by atoms with van der Waals surface area (Å²) in [6.45, 7) is 7.20. The van der Waals surface area contributed by atoms with Gasteiger partial charge in [-0.25, -0.2) is 0 Å². The Morgan fingerprint density at radius 3 is 3.00 bits per heavy atom. The summed E-state index contributed by atoms with van der Waals surface area (Å²) < 4.78 is 0. The van der Waals surface area contributed by atoms with Gasteiger partial charge >= 0.3 is 0 Å². The molecular formula is C15H23N3O. The lowest BCUT2D eigenvalue weighted by atomic mass is 10.1. The van der Waals surface area contributed by atoms with Gasteiger partial charge in [0.2, 0.25) is 5.91 Å². The van der Waals surface area contributed by atoms with Crippen LogP contribution in [0.1, 0.15) is 17.5 Å². The summed E-state index contributed by atoms with van der Waals surface area (Å²) in [5, 5.41) is 6.35. The smallest absolute Gasteiger partial charge is 0.234 e. The Morgan fingerprint density at radius 2 is 2.16 bits per heavy atom. The van der Waals surface area contributed by atoms with E-state index in [1.165, 1.54) is 11.1 Å². The molecule has 2 N–H and O–H groups in total. The van der Waals surface area contributed by atoms with Gasteiger partial charge in [-0.1, -0.05) is 24.3 Å². The molecule has 1 heterocycles. The van der Waals surface area contributed by atoms with Crippen molar-refractivity contribution in [1.29, 1.82) is 0 Å². The second-order valence-electron chi connectivity index (χ2n) is 5.08. The lowest BCUT2D eigenvalue weighted by molar-refractivity contribution is -0.122. The molecular weight excluding hydrogens is 238 g/mol. The van der Waals surface area contributed by atoms with Crippen LogP contribution in [0.4, 0.5) is 0 Å². The number of rotatable bonds is 4. The summed E-state index contributed by atoms with van der Waals surface area (Å²) in [6.07, 6.45) is 1.12. The van der Waals surface area contributed by atoms with E-state index in [2.05, 4.69) is 34.6 Å². The van der Waals surface area contributed by atoms with E-state index in [0.29, 0.717) is 13.1 Å². The monoisotopic (exact) mass is 261 g/mol. The van der Waals surface area contributed by atoms with Gasteiger partial charge in [0.05, 0.1) is 6.54 Å². The standard InChI is InChI=1S/C15H23N3O/c1-13-5-2-3-6-14(13)11-17-15(19)12-18-9-4-7-16-8-10-18/h2-3,5-6,16H,4,7-12H2,1H3,(H,17,19). The Balaban J connectivity index is 1.76. The summed E-state index contributed by atoms with van der Waals surface area (Å²) in [6, 6.07) is 8.16. The second-order valence-corrected chi connectivity index (χ2v) is 5.08. The third-order valence-corrected chi connectivity index (χ3v) is 3.54. The SMILES string of the molecule is Cc1ccccc1CNC(=O)CN1CCCNCC1. The minimum atomic E-state index is 0.116. The second kappa shape index (κ2) is 7.26. The fourth-order valence-corrected chi connectivity index (χ4v) is 2.32. The number of benzene rings is 1. The summed E-state index contributed by atoms with van der Waals surface area (Å²) in [7, 11) is 0. The van der Waals surface area contributed by atoms with Crippen molar-refractivity contribution in [3.05, 3.63) is 35.4 Å². The molecule has 19 heavy (non-hydrogen) atoms. The van der Waals surface area contributed by atoms with Gasteiger partial charge in [0, 0.05) is 19.6 Å². The maximum atomic E-state index is 11.9. The lowest BCUT2D eigenvalue weighted by Gasteiger charge is -2.18.